The van der Waals surface area contributed by atoms with Crippen LogP contribution in [0.15, 0.2) is 36.4 Å². The predicted octanol–water partition coefficient (Wildman–Crippen LogP) is 3.44. The summed E-state index contributed by atoms with van der Waals surface area (Å²) < 4.78 is 38.2. The lowest BCUT2D eigenvalue weighted by atomic mass is 9.59. The van der Waals surface area contributed by atoms with Gasteiger partial charge in [0.05, 0.1) is 16.7 Å². The number of carbonyl (C=O) groups is 2. The third kappa shape index (κ3) is 4.86. The van der Waals surface area contributed by atoms with Gasteiger partial charge < -0.3 is 25.2 Å². The lowest BCUT2D eigenvalue weighted by Gasteiger charge is -2.56. The Morgan fingerprint density at radius 1 is 1.11 bits per heavy atom. The fourth-order valence-electron chi connectivity index (χ4n) is 5.57. The number of aryl methyl sites for hydroxylation is 1. The SMILES string of the molecule is O=C(COc1ccc(Cl)c(F)c1)NC12CCC(NC(=O)[C@H]3CCc4cc(F)ccc4O3)(CC1)C[C@@H]2O. The Kier molecular flexibility index (Phi) is 6.55. The van der Waals surface area contributed by atoms with Crippen LogP contribution in [0.1, 0.15) is 44.1 Å². The standard InChI is InChI=1S/C26H27ClF2N2O5/c27-18-4-3-17(12-19(18)29)35-14-23(33)30-26-9-7-25(8-10-26,13-22(26)32)31-24(34)21-5-1-15-11-16(28)2-6-20(15)36-21/h2-4,6,11-12,21-22,32H,1,5,7-10,13-14H2,(H,30,33)(H,31,34)/t21-,22+,25?,26?/m1/s1. The molecule has 192 valence electrons. The maximum atomic E-state index is 13.6. The van der Waals surface area contributed by atoms with Crippen LogP contribution >= 0.6 is 11.6 Å². The van der Waals surface area contributed by atoms with Gasteiger partial charge in [-0.25, -0.2) is 8.78 Å². The van der Waals surface area contributed by atoms with E-state index < -0.39 is 35.0 Å². The Labute approximate surface area is 212 Å². The van der Waals surface area contributed by atoms with E-state index in [0.717, 1.165) is 11.6 Å². The highest BCUT2D eigenvalue weighted by Crippen LogP contribution is 2.47. The minimum atomic E-state index is -0.854. The molecule has 2 atom stereocenters. The smallest absolute Gasteiger partial charge is 0.261 e. The maximum absolute atomic E-state index is 13.6. The summed E-state index contributed by atoms with van der Waals surface area (Å²) in [5.41, 5.74) is -0.636. The number of fused-ring (bicyclic) bond motifs is 4. The highest BCUT2D eigenvalue weighted by Gasteiger charge is 2.55. The van der Waals surface area contributed by atoms with Gasteiger partial charge in [-0.2, -0.15) is 0 Å². The van der Waals surface area contributed by atoms with Crippen molar-refractivity contribution in [3.05, 3.63) is 58.6 Å². The normalized spacial score (nSPS) is 28.6. The van der Waals surface area contributed by atoms with Crippen LogP contribution in [-0.2, 0) is 16.0 Å². The first-order valence-electron chi connectivity index (χ1n) is 12.0. The highest BCUT2D eigenvalue weighted by atomic mass is 35.5. The number of aliphatic hydroxyl groups excluding tert-OH is 1. The molecule has 4 aliphatic rings. The van der Waals surface area contributed by atoms with Crippen molar-refractivity contribution in [2.75, 3.05) is 6.61 Å². The summed E-state index contributed by atoms with van der Waals surface area (Å²) in [6.45, 7) is -0.332. The van der Waals surface area contributed by atoms with E-state index in [9.17, 15) is 23.5 Å². The Morgan fingerprint density at radius 2 is 1.89 bits per heavy atom. The lowest BCUT2D eigenvalue weighted by molar-refractivity contribution is -0.139. The summed E-state index contributed by atoms with van der Waals surface area (Å²) in [5.74, 6) is -0.959. The number of amides is 2. The number of hydrogen-bond donors (Lipinski definition) is 3. The first-order valence-corrected chi connectivity index (χ1v) is 12.4. The van der Waals surface area contributed by atoms with E-state index in [1.807, 2.05) is 0 Å². The van der Waals surface area contributed by atoms with E-state index in [0.29, 0.717) is 50.7 Å². The van der Waals surface area contributed by atoms with Crippen molar-refractivity contribution < 1.29 is 33.0 Å². The second-order valence-electron chi connectivity index (χ2n) is 9.96. The van der Waals surface area contributed by atoms with Crippen LogP contribution in [0.3, 0.4) is 0 Å². The average Bonchev–Trinajstić information content (AvgIpc) is 2.85. The molecule has 3 aliphatic carbocycles. The zero-order valence-electron chi connectivity index (χ0n) is 19.5. The second kappa shape index (κ2) is 9.52. The third-order valence-corrected chi connectivity index (χ3v) is 7.93. The second-order valence-corrected chi connectivity index (χ2v) is 10.4. The molecule has 7 nitrogen and oxygen atoms in total. The van der Waals surface area contributed by atoms with Crippen molar-refractivity contribution in [2.24, 2.45) is 0 Å². The number of benzene rings is 2. The van der Waals surface area contributed by atoms with Crippen LogP contribution in [0.5, 0.6) is 11.5 Å². The summed E-state index contributed by atoms with van der Waals surface area (Å²) in [6.07, 6.45) is 1.91. The predicted molar refractivity (Wildman–Crippen MR) is 127 cm³/mol. The number of aliphatic hydroxyl groups is 1. The van der Waals surface area contributed by atoms with Crippen molar-refractivity contribution in [2.45, 2.75) is 68.2 Å². The van der Waals surface area contributed by atoms with E-state index >= 15 is 0 Å². The van der Waals surface area contributed by atoms with Crippen LogP contribution in [0.2, 0.25) is 5.02 Å². The molecule has 3 fully saturated rings. The molecular formula is C26H27ClF2N2O5. The molecule has 10 heteroatoms. The van der Waals surface area contributed by atoms with Gasteiger partial charge in [0.1, 0.15) is 23.1 Å². The van der Waals surface area contributed by atoms with E-state index in [-0.39, 0.29) is 29.1 Å². The molecule has 1 aliphatic heterocycles. The molecule has 0 aromatic heterocycles. The fourth-order valence-corrected chi connectivity index (χ4v) is 5.69. The average molecular weight is 521 g/mol. The van der Waals surface area contributed by atoms with Crippen molar-refractivity contribution in [1.82, 2.24) is 10.6 Å². The van der Waals surface area contributed by atoms with Crippen LogP contribution in [0.4, 0.5) is 8.78 Å². The van der Waals surface area contributed by atoms with Gasteiger partial charge in [0.2, 0.25) is 0 Å². The first kappa shape index (κ1) is 24.8. The molecular weight excluding hydrogens is 494 g/mol. The topological polar surface area (TPSA) is 96.9 Å². The zero-order valence-corrected chi connectivity index (χ0v) is 20.2. The van der Waals surface area contributed by atoms with Gasteiger partial charge in [0, 0.05) is 11.6 Å². The lowest BCUT2D eigenvalue weighted by Crippen LogP contribution is -2.71. The molecule has 2 amide bonds. The third-order valence-electron chi connectivity index (χ3n) is 7.62. The van der Waals surface area contributed by atoms with E-state index in [2.05, 4.69) is 10.6 Å². The molecule has 36 heavy (non-hydrogen) atoms. The molecule has 1 heterocycles. The van der Waals surface area contributed by atoms with Crippen molar-refractivity contribution in [1.29, 1.82) is 0 Å². The number of hydrogen-bond acceptors (Lipinski definition) is 5. The van der Waals surface area contributed by atoms with Gasteiger partial charge in [-0.15, -0.1) is 0 Å². The summed E-state index contributed by atoms with van der Waals surface area (Å²) in [7, 11) is 0. The molecule has 2 bridgehead atoms. The van der Waals surface area contributed by atoms with Crippen molar-refractivity contribution >= 4 is 23.4 Å². The van der Waals surface area contributed by atoms with Crippen molar-refractivity contribution in [3.63, 3.8) is 0 Å². The fraction of sp³-hybridized carbons (Fsp3) is 0.462. The molecule has 0 spiro atoms. The largest absolute Gasteiger partial charge is 0.484 e. The molecule has 3 saturated carbocycles. The Bertz CT molecular complexity index is 1180. The zero-order chi connectivity index (χ0) is 25.5. The van der Waals surface area contributed by atoms with Crippen LogP contribution in [0.25, 0.3) is 0 Å². The number of halogens is 3. The van der Waals surface area contributed by atoms with Gasteiger partial charge in [0.15, 0.2) is 12.7 Å². The Balaban J connectivity index is 1.16. The quantitative estimate of drug-likeness (QED) is 0.542. The molecule has 2 aromatic rings. The molecule has 0 unspecified atom stereocenters. The number of nitrogens with one attached hydrogen (secondary N) is 2. The van der Waals surface area contributed by atoms with Gasteiger partial charge >= 0.3 is 0 Å². The van der Waals surface area contributed by atoms with Crippen LogP contribution in [0, 0.1) is 11.6 Å². The number of carbonyl (C=O) groups excluding carboxylic acids is 2. The number of ether oxygens (including phenoxy) is 2. The number of rotatable bonds is 6. The van der Waals surface area contributed by atoms with Crippen molar-refractivity contribution in [3.8, 4) is 11.5 Å². The molecule has 0 saturated heterocycles. The molecule has 6 rings (SSSR count). The van der Waals surface area contributed by atoms with Crippen LogP contribution in [-0.4, -0.2) is 46.8 Å². The summed E-state index contributed by atoms with van der Waals surface area (Å²) in [5, 5.41) is 16.9. The molecule has 0 radical (unpaired) electrons. The highest BCUT2D eigenvalue weighted by molar-refractivity contribution is 6.30. The summed E-state index contributed by atoms with van der Waals surface area (Å²) in [4.78, 5) is 25.6. The van der Waals surface area contributed by atoms with Gasteiger partial charge in [0.25, 0.3) is 11.8 Å². The minimum Gasteiger partial charge on any atom is -0.484 e. The van der Waals surface area contributed by atoms with E-state index in [1.165, 1.54) is 30.3 Å². The van der Waals surface area contributed by atoms with Crippen LogP contribution < -0.4 is 20.1 Å². The van der Waals surface area contributed by atoms with E-state index in [1.54, 1.807) is 0 Å². The van der Waals surface area contributed by atoms with E-state index in [4.69, 9.17) is 21.1 Å². The molecule has 3 N–H and O–H groups in total. The summed E-state index contributed by atoms with van der Waals surface area (Å²) >= 11 is 5.66. The monoisotopic (exact) mass is 520 g/mol. The Morgan fingerprint density at radius 3 is 2.61 bits per heavy atom. The first-order chi connectivity index (χ1) is 17.2. The minimum absolute atomic E-state index is 0.0379. The maximum Gasteiger partial charge on any atom is 0.261 e. The summed E-state index contributed by atoms with van der Waals surface area (Å²) in [6, 6.07) is 8.19. The molecule has 2 aromatic carbocycles. The van der Waals surface area contributed by atoms with Gasteiger partial charge in [-0.3, -0.25) is 9.59 Å². The van der Waals surface area contributed by atoms with Gasteiger partial charge in [-0.1, -0.05) is 11.6 Å². The Hall–Kier alpha value is -2.91. The van der Waals surface area contributed by atoms with Gasteiger partial charge in [-0.05, 0) is 80.8 Å².